The minimum atomic E-state index is -0.777. The molecule has 476 valence electrons. The molecule has 0 aromatic heterocycles. The second kappa shape index (κ2) is 70.3. The van der Waals surface area contributed by atoms with E-state index in [-0.39, 0.29) is 31.1 Å². The third-order valence-electron chi connectivity index (χ3n) is 15.9. The van der Waals surface area contributed by atoms with Crippen LogP contribution in [0.2, 0.25) is 0 Å². The zero-order valence-corrected chi connectivity index (χ0v) is 54.8. The first-order valence-electron chi connectivity index (χ1n) is 35.9. The van der Waals surface area contributed by atoms with Gasteiger partial charge in [0, 0.05) is 19.3 Å². The normalized spacial score (nSPS) is 12.5. The number of hydrogen-bond donors (Lipinski definition) is 0. The second-order valence-electron chi connectivity index (χ2n) is 24.1. The van der Waals surface area contributed by atoms with Gasteiger partial charge in [-0.3, -0.25) is 14.4 Å². The van der Waals surface area contributed by atoms with E-state index in [1.807, 2.05) is 0 Å². The van der Waals surface area contributed by atoms with Crippen LogP contribution in [0.25, 0.3) is 0 Å². The summed E-state index contributed by atoms with van der Waals surface area (Å²) in [6.07, 6.45) is 92.4. The number of esters is 3. The Bertz CT molecular complexity index is 1500. The molecule has 0 spiro atoms. The van der Waals surface area contributed by atoms with Crippen molar-refractivity contribution < 1.29 is 28.6 Å². The minimum absolute atomic E-state index is 0.0740. The molecule has 1 unspecified atom stereocenters. The molecule has 0 rings (SSSR count). The maximum atomic E-state index is 12.9. The summed E-state index contributed by atoms with van der Waals surface area (Å²) in [6, 6.07) is 0. The molecule has 0 fully saturated rings. The minimum Gasteiger partial charge on any atom is -0.462 e. The van der Waals surface area contributed by atoms with Gasteiger partial charge in [0.2, 0.25) is 0 Å². The fraction of sp³-hybridized carbons (Fsp3) is 0.803. The van der Waals surface area contributed by atoms with Crippen molar-refractivity contribution in [3.63, 3.8) is 0 Å². The fourth-order valence-corrected chi connectivity index (χ4v) is 10.6. The van der Waals surface area contributed by atoms with E-state index in [2.05, 4.69) is 93.7 Å². The summed E-state index contributed by atoms with van der Waals surface area (Å²) in [7, 11) is 0. The van der Waals surface area contributed by atoms with E-state index in [4.69, 9.17) is 14.2 Å². The van der Waals surface area contributed by atoms with Gasteiger partial charge in [-0.2, -0.15) is 0 Å². The van der Waals surface area contributed by atoms with Gasteiger partial charge in [-0.1, -0.05) is 325 Å². The van der Waals surface area contributed by atoms with Crippen molar-refractivity contribution in [1.29, 1.82) is 0 Å². The van der Waals surface area contributed by atoms with Crippen molar-refractivity contribution in [3.05, 3.63) is 72.9 Å². The summed E-state index contributed by atoms with van der Waals surface area (Å²) in [5, 5.41) is 0. The third-order valence-corrected chi connectivity index (χ3v) is 15.9. The van der Waals surface area contributed by atoms with Gasteiger partial charge >= 0.3 is 17.9 Å². The van der Waals surface area contributed by atoms with Crippen molar-refractivity contribution in [2.24, 2.45) is 0 Å². The third kappa shape index (κ3) is 67.6. The van der Waals surface area contributed by atoms with Crippen LogP contribution in [0.5, 0.6) is 0 Å². The number of unbranched alkanes of at least 4 members (excludes halogenated alkanes) is 43. The van der Waals surface area contributed by atoms with Gasteiger partial charge in [0.1, 0.15) is 13.2 Å². The quantitative estimate of drug-likeness (QED) is 0.0261. The van der Waals surface area contributed by atoms with Crippen LogP contribution in [0.4, 0.5) is 0 Å². The highest BCUT2D eigenvalue weighted by Gasteiger charge is 2.19. The van der Waals surface area contributed by atoms with Crippen LogP contribution < -0.4 is 0 Å². The standard InChI is InChI=1S/C76H136O6/c1-4-7-10-13-16-19-22-24-26-28-30-32-33-34-35-36-37-38-39-40-41-42-43-45-46-48-50-52-54-57-60-63-66-69-75(78)81-72-73(71-80-74(77)68-65-62-59-56-21-18-15-12-9-6-3)82-76(79)70-67-64-61-58-55-53-51-49-47-44-31-29-27-25-23-20-17-14-11-8-5-2/h7,10,12,15-16,19,24,26,29-32,73H,4-6,8-9,11,13-14,17-18,20-23,25,27-28,33-72H2,1-3H3/b10-7-,15-12-,19-16-,26-24-,31-29-,32-30-. The first kappa shape index (κ1) is 78.8. The molecule has 0 saturated carbocycles. The number of allylic oxidation sites excluding steroid dienone is 12. The van der Waals surface area contributed by atoms with E-state index in [1.54, 1.807) is 0 Å². The highest BCUT2D eigenvalue weighted by molar-refractivity contribution is 5.71. The van der Waals surface area contributed by atoms with Crippen LogP contribution in [0.1, 0.15) is 374 Å². The molecule has 0 aliphatic rings. The fourth-order valence-electron chi connectivity index (χ4n) is 10.6. The van der Waals surface area contributed by atoms with E-state index in [0.717, 1.165) is 96.3 Å². The van der Waals surface area contributed by atoms with Gasteiger partial charge in [0.15, 0.2) is 6.10 Å². The lowest BCUT2D eigenvalue weighted by Gasteiger charge is -2.18. The van der Waals surface area contributed by atoms with Crippen LogP contribution >= 0.6 is 0 Å². The Labute approximate surface area is 510 Å². The van der Waals surface area contributed by atoms with E-state index < -0.39 is 6.10 Å². The lowest BCUT2D eigenvalue weighted by molar-refractivity contribution is -0.167. The van der Waals surface area contributed by atoms with E-state index >= 15 is 0 Å². The molecule has 0 aromatic carbocycles. The van der Waals surface area contributed by atoms with Gasteiger partial charge in [0.25, 0.3) is 0 Å². The predicted octanol–water partition coefficient (Wildman–Crippen LogP) is 24.8. The van der Waals surface area contributed by atoms with Crippen LogP contribution in [-0.4, -0.2) is 37.2 Å². The van der Waals surface area contributed by atoms with Crippen molar-refractivity contribution >= 4 is 17.9 Å². The Kier molecular flexibility index (Phi) is 67.6. The second-order valence-corrected chi connectivity index (χ2v) is 24.1. The molecule has 0 amide bonds. The average Bonchev–Trinajstić information content (AvgIpc) is 3.48. The molecule has 0 aliphatic heterocycles. The maximum Gasteiger partial charge on any atom is 0.306 e. The molecule has 0 aromatic rings. The summed E-state index contributed by atoms with van der Waals surface area (Å²) in [5.41, 5.74) is 0. The summed E-state index contributed by atoms with van der Waals surface area (Å²) in [6.45, 7) is 6.51. The topological polar surface area (TPSA) is 78.9 Å². The van der Waals surface area contributed by atoms with Gasteiger partial charge in [-0.05, 0) is 103 Å². The van der Waals surface area contributed by atoms with Crippen LogP contribution in [-0.2, 0) is 28.6 Å². The zero-order valence-electron chi connectivity index (χ0n) is 54.8. The molecular weight excluding hydrogens is 1010 g/mol. The number of carbonyl (C=O) groups is 3. The Morgan fingerprint density at radius 1 is 0.256 bits per heavy atom. The van der Waals surface area contributed by atoms with E-state index in [0.29, 0.717) is 19.3 Å². The van der Waals surface area contributed by atoms with E-state index in [9.17, 15) is 14.4 Å². The molecule has 6 heteroatoms. The largest absolute Gasteiger partial charge is 0.462 e. The van der Waals surface area contributed by atoms with Gasteiger partial charge < -0.3 is 14.2 Å². The van der Waals surface area contributed by atoms with Gasteiger partial charge in [-0.15, -0.1) is 0 Å². The van der Waals surface area contributed by atoms with Crippen molar-refractivity contribution in [3.8, 4) is 0 Å². The lowest BCUT2D eigenvalue weighted by atomic mass is 10.0. The summed E-state index contributed by atoms with van der Waals surface area (Å²) in [5.74, 6) is -0.866. The number of rotatable bonds is 66. The molecular formula is C76H136O6. The Hall–Kier alpha value is -3.15. The lowest BCUT2D eigenvalue weighted by Crippen LogP contribution is -2.30. The van der Waals surface area contributed by atoms with Crippen LogP contribution in [0, 0.1) is 0 Å². The first-order valence-corrected chi connectivity index (χ1v) is 35.9. The maximum absolute atomic E-state index is 12.9. The van der Waals surface area contributed by atoms with Gasteiger partial charge in [-0.25, -0.2) is 0 Å². The molecule has 0 N–H and O–H groups in total. The molecule has 0 aliphatic carbocycles. The number of ether oxygens (including phenoxy) is 3. The van der Waals surface area contributed by atoms with Crippen LogP contribution in [0.3, 0.4) is 0 Å². The Morgan fingerprint density at radius 3 is 0.805 bits per heavy atom. The average molecular weight is 1150 g/mol. The smallest absolute Gasteiger partial charge is 0.306 e. The molecule has 1 atom stereocenters. The molecule has 0 saturated heterocycles. The highest BCUT2D eigenvalue weighted by Crippen LogP contribution is 2.18. The number of hydrogen-bond acceptors (Lipinski definition) is 6. The Balaban J connectivity index is 4.09. The number of carbonyl (C=O) groups excluding carboxylic acids is 3. The van der Waals surface area contributed by atoms with Crippen molar-refractivity contribution in [2.45, 2.75) is 380 Å². The molecule has 6 nitrogen and oxygen atoms in total. The highest BCUT2D eigenvalue weighted by atomic mass is 16.6. The predicted molar refractivity (Wildman–Crippen MR) is 358 cm³/mol. The van der Waals surface area contributed by atoms with E-state index in [1.165, 1.54) is 238 Å². The van der Waals surface area contributed by atoms with Gasteiger partial charge in [0.05, 0.1) is 0 Å². The Morgan fingerprint density at radius 2 is 0.500 bits per heavy atom. The zero-order chi connectivity index (χ0) is 59.2. The SMILES string of the molecule is CC/C=C\C/C=C\C/C=C\C/C=C\CCCCCCCCCCCCCCCCCCCCCCC(=O)OCC(COC(=O)CCCCCCC/C=C\CCC)OC(=O)CCCCCCCCCCC/C=C\CCCCCCCCCC. The summed E-state index contributed by atoms with van der Waals surface area (Å²) < 4.78 is 16.9. The molecule has 82 heavy (non-hydrogen) atoms. The van der Waals surface area contributed by atoms with Crippen LogP contribution in [0.15, 0.2) is 72.9 Å². The molecule has 0 radical (unpaired) electrons. The molecule has 0 bridgehead atoms. The summed E-state index contributed by atoms with van der Waals surface area (Å²) >= 11 is 0. The molecule has 0 heterocycles. The van der Waals surface area contributed by atoms with Crippen molar-refractivity contribution in [1.82, 2.24) is 0 Å². The monoisotopic (exact) mass is 1150 g/mol. The first-order chi connectivity index (χ1) is 40.5. The van der Waals surface area contributed by atoms with Crippen molar-refractivity contribution in [2.75, 3.05) is 13.2 Å². The summed E-state index contributed by atoms with van der Waals surface area (Å²) in [4.78, 5) is 38.3.